The Morgan fingerprint density at radius 2 is 1.94 bits per heavy atom. The van der Waals surface area contributed by atoms with Crippen LogP contribution in [0.5, 0.6) is 0 Å². The lowest BCUT2D eigenvalue weighted by Crippen LogP contribution is -2.45. The minimum absolute atomic E-state index is 0.139. The van der Waals surface area contributed by atoms with Crippen molar-refractivity contribution in [2.75, 3.05) is 12.0 Å². The first-order valence-corrected chi connectivity index (χ1v) is 13.1. The molecule has 7 nitrogen and oxygen atoms in total. The van der Waals surface area contributed by atoms with Crippen molar-refractivity contribution in [2.24, 2.45) is 5.92 Å². The molecule has 9 heteroatoms. The zero-order valence-corrected chi connectivity index (χ0v) is 21.6. The third-order valence-corrected chi connectivity index (χ3v) is 8.46. The summed E-state index contributed by atoms with van der Waals surface area (Å²) in [6.45, 7) is 2.65. The second-order valence-electron chi connectivity index (χ2n) is 9.92. The molecule has 2 bridgehead atoms. The number of fused-ring (bicyclic) bond motifs is 2. The summed E-state index contributed by atoms with van der Waals surface area (Å²) in [6.07, 6.45) is 6.09. The molecule has 36 heavy (non-hydrogen) atoms. The second-order valence-corrected chi connectivity index (χ2v) is 10.7. The molecule has 3 aromatic rings. The monoisotopic (exact) mass is 527 g/mol. The highest BCUT2D eigenvalue weighted by Crippen LogP contribution is 2.48. The van der Waals surface area contributed by atoms with Gasteiger partial charge in [0.25, 0.3) is 0 Å². The van der Waals surface area contributed by atoms with E-state index >= 15 is 0 Å². The maximum atomic E-state index is 11.7. The van der Waals surface area contributed by atoms with Crippen LogP contribution in [0.2, 0.25) is 10.0 Å². The number of esters is 1. The van der Waals surface area contributed by atoms with E-state index in [-0.39, 0.29) is 6.10 Å². The molecule has 2 aromatic heterocycles. The summed E-state index contributed by atoms with van der Waals surface area (Å²) in [4.78, 5) is 18.4. The molecule has 6 rings (SSSR count). The second kappa shape index (κ2) is 9.36. The number of carbonyl (C=O) groups is 1. The number of hydrogen-bond donors (Lipinski definition) is 0. The van der Waals surface area contributed by atoms with Crippen molar-refractivity contribution in [1.29, 1.82) is 0 Å². The van der Waals surface area contributed by atoms with E-state index in [1.54, 1.807) is 12.3 Å². The number of hydrogen-bond acceptors (Lipinski definition) is 7. The molecule has 0 spiro atoms. The molecule has 3 aliphatic rings. The molecule has 188 valence electrons. The molecule has 2 aliphatic carbocycles. The van der Waals surface area contributed by atoms with Crippen molar-refractivity contribution >= 4 is 34.9 Å². The highest BCUT2D eigenvalue weighted by molar-refractivity contribution is 6.39. The van der Waals surface area contributed by atoms with Crippen LogP contribution < -0.4 is 4.90 Å². The molecule has 2 saturated carbocycles. The van der Waals surface area contributed by atoms with E-state index in [0.29, 0.717) is 57.5 Å². The van der Waals surface area contributed by atoms with Crippen LogP contribution in [0, 0.1) is 5.92 Å². The lowest BCUT2D eigenvalue weighted by molar-refractivity contribution is 0.00367. The van der Waals surface area contributed by atoms with Gasteiger partial charge in [-0.15, -0.1) is 0 Å². The number of ether oxygens (including phenoxy) is 2. The van der Waals surface area contributed by atoms with Gasteiger partial charge in [-0.2, -0.15) is 0 Å². The highest BCUT2D eigenvalue weighted by atomic mass is 35.5. The number of pyridine rings is 1. The van der Waals surface area contributed by atoms with Gasteiger partial charge in [-0.05, 0) is 56.9 Å². The molecule has 3 fully saturated rings. The Balaban J connectivity index is 1.19. The molecule has 4 unspecified atom stereocenters. The third kappa shape index (κ3) is 4.07. The van der Waals surface area contributed by atoms with Gasteiger partial charge in [-0.3, -0.25) is 0 Å². The van der Waals surface area contributed by atoms with Crippen molar-refractivity contribution in [1.82, 2.24) is 10.1 Å². The van der Waals surface area contributed by atoms with E-state index in [9.17, 15) is 4.79 Å². The highest BCUT2D eigenvalue weighted by Gasteiger charge is 2.50. The topological polar surface area (TPSA) is 77.7 Å². The minimum atomic E-state index is -0.428. The van der Waals surface area contributed by atoms with Gasteiger partial charge in [-0.1, -0.05) is 34.4 Å². The number of aromatic nitrogens is 2. The van der Waals surface area contributed by atoms with Crippen LogP contribution in [0.3, 0.4) is 0 Å². The maximum absolute atomic E-state index is 11.7. The van der Waals surface area contributed by atoms with Crippen LogP contribution in [0.1, 0.15) is 60.3 Å². The largest absolute Gasteiger partial charge is 0.464 e. The van der Waals surface area contributed by atoms with Gasteiger partial charge in [0, 0.05) is 35.0 Å². The van der Waals surface area contributed by atoms with Crippen LogP contribution in [-0.4, -0.2) is 41.4 Å². The molecule has 1 aliphatic heterocycles. The number of carbonyl (C=O) groups excluding carboxylic acids is 1. The summed E-state index contributed by atoms with van der Waals surface area (Å²) in [5.74, 6) is 1.26. The van der Waals surface area contributed by atoms with E-state index in [1.165, 1.54) is 7.11 Å². The number of rotatable bonds is 7. The quantitative estimate of drug-likeness (QED) is 0.334. The molecule has 1 aromatic carbocycles. The van der Waals surface area contributed by atoms with Crippen molar-refractivity contribution in [2.45, 2.75) is 63.3 Å². The Morgan fingerprint density at radius 1 is 1.17 bits per heavy atom. The Labute approximate surface area is 219 Å². The van der Waals surface area contributed by atoms with Crippen LogP contribution in [0.4, 0.5) is 5.69 Å². The Bertz CT molecular complexity index is 1270. The fourth-order valence-corrected chi connectivity index (χ4v) is 6.50. The number of halogens is 2. The number of methoxy groups -OCH3 is 1. The number of anilines is 1. The maximum Gasteiger partial charge on any atom is 0.356 e. The standard InChI is InChI=1S/C27H27Cl2N3O4/c1-14-18-10-17(32(14)16-8-9-22(30-12-16)27(33)34-2)11-23(18)35-13-19-25(31-36-26(19)15-6-7-15)24-20(28)4-3-5-21(24)29/h3-5,8-9,12,14-15,17-18,23H,6-7,10-11,13H2,1-2H3. The van der Waals surface area contributed by atoms with Gasteiger partial charge in [0.2, 0.25) is 0 Å². The molecular weight excluding hydrogens is 501 g/mol. The zero-order chi connectivity index (χ0) is 25.0. The van der Waals surface area contributed by atoms with Crippen molar-refractivity contribution in [3.8, 4) is 11.3 Å². The lowest BCUT2D eigenvalue weighted by atomic mass is 9.96. The first-order chi connectivity index (χ1) is 17.5. The summed E-state index contributed by atoms with van der Waals surface area (Å²) in [5.41, 5.74) is 3.68. The molecular formula is C27H27Cl2N3O4. The first kappa shape index (κ1) is 23.8. The molecule has 3 heterocycles. The summed E-state index contributed by atoms with van der Waals surface area (Å²) in [6, 6.07) is 9.79. The van der Waals surface area contributed by atoms with E-state index < -0.39 is 5.97 Å². The molecule has 4 atom stereocenters. The normalized spacial score (nSPS) is 24.9. The van der Waals surface area contributed by atoms with E-state index in [2.05, 4.69) is 22.0 Å². The summed E-state index contributed by atoms with van der Waals surface area (Å²) in [7, 11) is 1.36. The fourth-order valence-electron chi connectivity index (χ4n) is 5.92. The summed E-state index contributed by atoms with van der Waals surface area (Å²) < 4.78 is 17.1. The molecule has 0 N–H and O–H groups in total. The Hall–Kier alpha value is -2.61. The van der Waals surface area contributed by atoms with Crippen molar-refractivity contribution < 1.29 is 18.8 Å². The molecule has 1 saturated heterocycles. The number of benzene rings is 1. The molecule has 0 radical (unpaired) electrons. The van der Waals surface area contributed by atoms with Crippen LogP contribution in [0.25, 0.3) is 11.3 Å². The molecule has 0 amide bonds. The van der Waals surface area contributed by atoms with Crippen LogP contribution in [0.15, 0.2) is 41.1 Å². The summed E-state index contributed by atoms with van der Waals surface area (Å²) in [5, 5.41) is 5.49. The first-order valence-electron chi connectivity index (χ1n) is 12.3. The van der Waals surface area contributed by atoms with Gasteiger partial charge < -0.3 is 18.9 Å². The fraction of sp³-hybridized carbons (Fsp3) is 0.444. The third-order valence-electron chi connectivity index (χ3n) is 7.83. The number of nitrogens with zero attached hydrogens (tertiary/aromatic N) is 3. The van der Waals surface area contributed by atoms with Gasteiger partial charge in [0.05, 0.1) is 41.8 Å². The lowest BCUT2D eigenvalue weighted by Gasteiger charge is -2.38. The van der Waals surface area contributed by atoms with E-state index in [1.807, 2.05) is 24.3 Å². The van der Waals surface area contributed by atoms with E-state index in [0.717, 1.165) is 42.7 Å². The smallest absolute Gasteiger partial charge is 0.356 e. The van der Waals surface area contributed by atoms with Gasteiger partial charge in [0.15, 0.2) is 0 Å². The SMILES string of the molecule is COC(=O)c1ccc(N2C3CC(OCc4c(-c5c(Cl)cccc5Cl)noc4C4CC4)C(C3)C2C)cn1. The van der Waals surface area contributed by atoms with Crippen LogP contribution in [-0.2, 0) is 16.1 Å². The van der Waals surface area contributed by atoms with Gasteiger partial charge in [0.1, 0.15) is 17.1 Å². The summed E-state index contributed by atoms with van der Waals surface area (Å²) >= 11 is 13.0. The van der Waals surface area contributed by atoms with Crippen molar-refractivity contribution in [3.63, 3.8) is 0 Å². The Kier molecular flexibility index (Phi) is 6.18. The van der Waals surface area contributed by atoms with E-state index in [4.69, 9.17) is 37.2 Å². The predicted molar refractivity (Wildman–Crippen MR) is 137 cm³/mol. The van der Waals surface area contributed by atoms with Gasteiger partial charge in [-0.25, -0.2) is 9.78 Å². The van der Waals surface area contributed by atoms with Crippen molar-refractivity contribution in [3.05, 3.63) is 63.6 Å². The Morgan fingerprint density at radius 3 is 2.58 bits per heavy atom. The zero-order valence-electron chi connectivity index (χ0n) is 20.1. The van der Waals surface area contributed by atoms with Crippen LogP contribution >= 0.6 is 23.2 Å². The predicted octanol–water partition coefficient (Wildman–Crippen LogP) is 6.28. The average Bonchev–Trinajstić information content (AvgIpc) is 3.39. The number of piperidine rings is 1. The average molecular weight is 528 g/mol. The van der Waals surface area contributed by atoms with Gasteiger partial charge >= 0.3 is 5.97 Å². The minimum Gasteiger partial charge on any atom is -0.464 e.